The molecule has 1 saturated heterocycles. The van der Waals surface area contributed by atoms with Gasteiger partial charge in [-0.1, -0.05) is 6.07 Å². The maximum atomic E-state index is 11.9. The lowest BCUT2D eigenvalue weighted by atomic mass is 10.1. The maximum absolute atomic E-state index is 11.9. The molecule has 0 spiro atoms. The first-order valence-electron chi connectivity index (χ1n) is 7.06. The number of carbonyl (C=O) groups excluding carboxylic acids is 2. The van der Waals surface area contributed by atoms with Gasteiger partial charge in [0.05, 0.1) is 26.7 Å². The Hall–Kier alpha value is -2.28. The van der Waals surface area contributed by atoms with Crippen LogP contribution < -0.4 is 20.5 Å². The minimum atomic E-state index is -0.528. The van der Waals surface area contributed by atoms with Gasteiger partial charge in [-0.3, -0.25) is 14.5 Å². The number of nitrogens with zero attached hydrogens (tertiary/aromatic N) is 1. The molecule has 3 N–H and O–H groups in total. The fraction of sp³-hybridized carbons (Fsp3) is 0.467. The lowest BCUT2D eigenvalue weighted by molar-refractivity contribution is -0.133. The van der Waals surface area contributed by atoms with Crippen LogP contribution in [0.1, 0.15) is 12.0 Å². The highest BCUT2D eigenvalue weighted by Crippen LogP contribution is 2.28. The first-order valence-corrected chi connectivity index (χ1v) is 7.06. The fourth-order valence-electron chi connectivity index (χ4n) is 2.58. The van der Waals surface area contributed by atoms with Crippen molar-refractivity contribution in [3.8, 4) is 11.5 Å². The molecule has 0 saturated carbocycles. The maximum Gasteiger partial charge on any atom is 0.237 e. The highest BCUT2D eigenvalue weighted by Gasteiger charge is 2.30. The number of ether oxygens (including phenoxy) is 2. The number of carbonyl (C=O) groups is 2. The third-order valence-electron chi connectivity index (χ3n) is 3.67. The summed E-state index contributed by atoms with van der Waals surface area (Å²) in [4.78, 5) is 25.1. The predicted octanol–water partition coefficient (Wildman–Crippen LogP) is -0.120. The number of nitrogens with one attached hydrogen (secondary N) is 1. The lowest BCUT2D eigenvalue weighted by Crippen LogP contribution is -2.55. The number of amides is 2. The number of hydrogen-bond donors (Lipinski definition) is 2. The zero-order valence-corrected chi connectivity index (χ0v) is 12.8. The largest absolute Gasteiger partial charge is 0.493 e. The van der Waals surface area contributed by atoms with Crippen LogP contribution in [0, 0.1) is 0 Å². The molecular formula is C15H21N3O4. The smallest absolute Gasteiger partial charge is 0.237 e. The van der Waals surface area contributed by atoms with E-state index in [1.165, 1.54) is 0 Å². The molecule has 1 aliphatic rings. The number of primary amides is 1. The summed E-state index contributed by atoms with van der Waals surface area (Å²) in [6.07, 6.45) is 0.0130. The van der Waals surface area contributed by atoms with Gasteiger partial charge in [0, 0.05) is 19.6 Å². The van der Waals surface area contributed by atoms with E-state index in [9.17, 15) is 9.59 Å². The zero-order chi connectivity index (χ0) is 16.1. The van der Waals surface area contributed by atoms with E-state index >= 15 is 0 Å². The second kappa shape index (κ2) is 7.13. The van der Waals surface area contributed by atoms with Gasteiger partial charge in [0.1, 0.15) is 0 Å². The second-order valence-corrected chi connectivity index (χ2v) is 5.14. The molecule has 0 bridgehead atoms. The molecule has 7 heteroatoms. The van der Waals surface area contributed by atoms with Crippen LogP contribution in [0.4, 0.5) is 0 Å². The van der Waals surface area contributed by atoms with Gasteiger partial charge in [0.15, 0.2) is 11.5 Å². The quantitative estimate of drug-likeness (QED) is 0.764. The van der Waals surface area contributed by atoms with E-state index in [1.54, 1.807) is 14.2 Å². The number of benzene rings is 1. The van der Waals surface area contributed by atoms with E-state index in [2.05, 4.69) is 5.32 Å². The first-order chi connectivity index (χ1) is 10.5. The van der Waals surface area contributed by atoms with Gasteiger partial charge < -0.3 is 20.5 Å². The number of methoxy groups -OCH3 is 2. The molecule has 0 aromatic heterocycles. The van der Waals surface area contributed by atoms with Gasteiger partial charge in [-0.05, 0) is 17.7 Å². The van der Waals surface area contributed by atoms with Crippen molar-refractivity contribution in [2.45, 2.75) is 19.0 Å². The Morgan fingerprint density at radius 3 is 2.73 bits per heavy atom. The van der Waals surface area contributed by atoms with Crippen LogP contribution in [0.25, 0.3) is 0 Å². The van der Waals surface area contributed by atoms with Gasteiger partial charge in [-0.2, -0.15) is 0 Å². The molecule has 7 nitrogen and oxygen atoms in total. The van der Waals surface area contributed by atoms with Gasteiger partial charge in [-0.15, -0.1) is 0 Å². The summed E-state index contributed by atoms with van der Waals surface area (Å²) in [6.45, 7) is 1.76. The summed E-state index contributed by atoms with van der Waals surface area (Å²) in [7, 11) is 3.15. The van der Waals surface area contributed by atoms with Crippen LogP contribution in [0.15, 0.2) is 18.2 Å². The minimum absolute atomic E-state index is 0.0130. The molecule has 2 rings (SSSR count). The highest BCUT2D eigenvalue weighted by atomic mass is 16.5. The van der Waals surface area contributed by atoms with E-state index < -0.39 is 11.9 Å². The molecule has 120 valence electrons. The van der Waals surface area contributed by atoms with Crippen LogP contribution >= 0.6 is 0 Å². The number of piperazine rings is 1. The summed E-state index contributed by atoms with van der Waals surface area (Å²) in [5, 5.41) is 2.76. The zero-order valence-electron chi connectivity index (χ0n) is 12.8. The van der Waals surface area contributed by atoms with E-state index in [0.29, 0.717) is 31.1 Å². The summed E-state index contributed by atoms with van der Waals surface area (Å²) >= 11 is 0. The monoisotopic (exact) mass is 307 g/mol. The van der Waals surface area contributed by atoms with Crippen molar-refractivity contribution >= 4 is 11.8 Å². The molecule has 0 unspecified atom stereocenters. The molecule has 1 aliphatic heterocycles. The average molecular weight is 307 g/mol. The van der Waals surface area contributed by atoms with E-state index in [-0.39, 0.29) is 12.3 Å². The van der Waals surface area contributed by atoms with E-state index in [0.717, 1.165) is 5.56 Å². The third-order valence-corrected chi connectivity index (χ3v) is 3.67. The molecule has 0 radical (unpaired) electrons. The Bertz CT molecular complexity index is 562. The average Bonchev–Trinajstić information content (AvgIpc) is 2.50. The number of nitrogens with two attached hydrogens (primary N) is 1. The van der Waals surface area contributed by atoms with Crippen LogP contribution in [0.3, 0.4) is 0 Å². The molecule has 0 aliphatic carbocycles. The van der Waals surface area contributed by atoms with Crippen LogP contribution in [-0.2, 0) is 16.1 Å². The third kappa shape index (κ3) is 3.67. The van der Waals surface area contributed by atoms with Crippen molar-refractivity contribution in [1.29, 1.82) is 0 Å². The number of rotatable bonds is 6. The van der Waals surface area contributed by atoms with E-state index in [1.807, 2.05) is 23.1 Å². The van der Waals surface area contributed by atoms with Crippen molar-refractivity contribution in [2.24, 2.45) is 5.73 Å². The Morgan fingerprint density at radius 1 is 1.36 bits per heavy atom. The normalized spacial score (nSPS) is 18.6. The molecule has 1 fully saturated rings. The van der Waals surface area contributed by atoms with Gasteiger partial charge >= 0.3 is 0 Å². The summed E-state index contributed by atoms with van der Waals surface area (Å²) in [5.74, 6) is 0.633. The molecule has 2 amide bonds. The van der Waals surface area contributed by atoms with Crippen molar-refractivity contribution in [2.75, 3.05) is 27.3 Å². The minimum Gasteiger partial charge on any atom is -0.493 e. The van der Waals surface area contributed by atoms with E-state index in [4.69, 9.17) is 15.2 Å². The highest BCUT2D eigenvalue weighted by molar-refractivity contribution is 5.88. The Kier molecular flexibility index (Phi) is 5.21. The van der Waals surface area contributed by atoms with Crippen molar-refractivity contribution in [3.05, 3.63) is 23.8 Å². The fourth-order valence-corrected chi connectivity index (χ4v) is 2.58. The number of hydrogen-bond acceptors (Lipinski definition) is 5. The summed E-state index contributed by atoms with van der Waals surface area (Å²) < 4.78 is 10.5. The van der Waals surface area contributed by atoms with Crippen LogP contribution in [0.5, 0.6) is 11.5 Å². The van der Waals surface area contributed by atoms with Gasteiger partial charge in [-0.25, -0.2) is 0 Å². The second-order valence-electron chi connectivity index (χ2n) is 5.14. The molecule has 1 heterocycles. The Balaban J connectivity index is 2.16. The SMILES string of the molecule is COc1ccc(CN2CCNC(=O)[C@H]2CC(N)=O)cc1OC. The lowest BCUT2D eigenvalue weighted by Gasteiger charge is -2.34. The first kappa shape index (κ1) is 16.1. The standard InChI is InChI=1S/C15H21N3O4/c1-21-12-4-3-10(7-13(12)22-2)9-18-6-5-17-15(20)11(18)8-14(16)19/h3-4,7,11H,5-6,8-9H2,1-2H3,(H2,16,19)(H,17,20)/t11-/m1/s1. The van der Waals surface area contributed by atoms with Crippen molar-refractivity contribution < 1.29 is 19.1 Å². The van der Waals surface area contributed by atoms with Gasteiger partial charge in [0.2, 0.25) is 11.8 Å². The molecule has 1 aromatic carbocycles. The van der Waals surface area contributed by atoms with Crippen LogP contribution in [-0.4, -0.2) is 50.1 Å². The summed E-state index contributed by atoms with van der Waals surface area (Å²) in [6, 6.07) is 5.07. The van der Waals surface area contributed by atoms with Crippen molar-refractivity contribution in [1.82, 2.24) is 10.2 Å². The molecule has 22 heavy (non-hydrogen) atoms. The Labute approximate surface area is 129 Å². The topological polar surface area (TPSA) is 93.9 Å². The summed E-state index contributed by atoms with van der Waals surface area (Å²) in [5.41, 5.74) is 6.22. The Morgan fingerprint density at radius 2 is 2.09 bits per heavy atom. The molecular weight excluding hydrogens is 286 g/mol. The van der Waals surface area contributed by atoms with Crippen LogP contribution in [0.2, 0.25) is 0 Å². The predicted molar refractivity (Wildman–Crippen MR) is 80.6 cm³/mol. The molecule has 1 aromatic rings. The van der Waals surface area contributed by atoms with Gasteiger partial charge in [0.25, 0.3) is 0 Å². The molecule has 1 atom stereocenters. The van der Waals surface area contributed by atoms with Crippen molar-refractivity contribution in [3.63, 3.8) is 0 Å².